The maximum absolute atomic E-state index is 11.8. The Bertz CT molecular complexity index is 811. The van der Waals surface area contributed by atoms with Gasteiger partial charge in [0.1, 0.15) is 18.7 Å². The largest absolute Gasteiger partial charge is 0.369 e. The van der Waals surface area contributed by atoms with Crippen molar-refractivity contribution in [2.24, 2.45) is 0 Å². The minimum Gasteiger partial charge on any atom is -0.369 e. The lowest BCUT2D eigenvalue weighted by molar-refractivity contribution is -0.120. The summed E-state index contributed by atoms with van der Waals surface area (Å²) in [5, 5.41) is 24.3. The standard InChI is InChI=1S/C13H11N7O2S/c14-4-9-10(5-15)20(12(16)18-9)7-11(21)19-13(22)17-6-8-2-1-3-23-8/h1-3H,6-7H2,(H2,16,18)(H2,17,19,21,22). The van der Waals surface area contributed by atoms with Gasteiger partial charge in [-0.3, -0.25) is 14.7 Å². The second-order valence-corrected chi connectivity index (χ2v) is 5.32. The molecule has 0 fully saturated rings. The van der Waals surface area contributed by atoms with Crippen molar-refractivity contribution >= 4 is 29.2 Å². The molecule has 0 bridgehead atoms. The molecule has 0 aromatic carbocycles. The molecule has 0 atom stereocenters. The van der Waals surface area contributed by atoms with Crippen molar-refractivity contribution in [2.75, 3.05) is 5.73 Å². The molecule has 0 radical (unpaired) electrons. The Morgan fingerprint density at radius 1 is 1.39 bits per heavy atom. The number of carbonyl (C=O) groups excluding carboxylic acids is 2. The van der Waals surface area contributed by atoms with Crippen LogP contribution in [0.3, 0.4) is 0 Å². The van der Waals surface area contributed by atoms with Crippen LogP contribution in [0.1, 0.15) is 16.3 Å². The predicted octanol–water partition coefficient (Wildman–Crippen LogP) is 0.296. The summed E-state index contributed by atoms with van der Waals surface area (Å²) >= 11 is 1.48. The first kappa shape index (κ1) is 16.0. The average Bonchev–Trinajstić information content (AvgIpc) is 3.13. The number of imide groups is 1. The van der Waals surface area contributed by atoms with Crippen LogP contribution in [0.15, 0.2) is 17.5 Å². The van der Waals surface area contributed by atoms with Crippen LogP contribution in [-0.2, 0) is 17.9 Å². The number of hydrogen-bond donors (Lipinski definition) is 3. The molecule has 0 saturated heterocycles. The highest BCUT2D eigenvalue weighted by molar-refractivity contribution is 7.09. The fraction of sp³-hybridized carbons (Fsp3) is 0.154. The summed E-state index contributed by atoms with van der Waals surface area (Å²) in [6, 6.07) is 6.50. The van der Waals surface area contributed by atoms with Crippen molar-refractivity contribution in [2.45, 2.75) is 13.1 Å². The summed E-state index contributed by atoms with van der Waals surface area (Å²) in [6.07, 6.45) is 0. The molecule has 2 heterocycles. The lowest BCUT2D eigenvalue weighted by atomic mass is 10.3. The van der Waals surface area contributed by atoms with Gasteiger partial charge in [0.25, 0.3) is 0 Å². The number of amides is 3. The molecule has 2 aromatic rings. The summed E-state index contributed by atoms with van der Waals surface area (Å²) in [5.41, 5.74) is 5.27. The van der Waals surface area contributed by atoms with Crippen molar-refractivity contribution in [1.29, 1.82) is 10.5 Å². The number of nitrogens with zero attached hydrogens (tertiary/aromatic N) is 4. The summed E-state index contributed by atoms with van der Waals surface area (Å²) in [4.78, 5) is 28.1. The van der Waals surface area contributed by atoms with Gasteiger partial charge in [-0.05, 0) is 11.4 Å². The highest BCUT2D eigenvalue weighted by Crippen LogP contribution is 2.11. The molecule has 116 valence electrons. The number of nitrogens with two attached hydrogens (primary N) is 1. The van der Waals surface area contributed by atoms with E-state index in [4.69, 9.17) is 16.3 Å². The van der Waals surface area contributed by atoms with Crippen LogP contribution in [0, 0.1) is 22.7 Å². The fourth-order valence-electron chi connectivity index (χ4n) is 1.76. The lowest BCUT2D eigenvalue weighted by Gasteiger charge is -2.07. The number of imidazole rings is 1. The molecular weight excluding hydrogens is 318 g/mol. The zero-order valence-electron chi connectivity index (χ0n) is 11.7. The number of carbonyl (C=O) groups is 2. The Hall–Kier alpha value is -3.37. The third-order valence-corrected chi connectivity index (χ3v) is 3.64. The summed E-state index contributed by atoms with van der Waals surface area (Å²) < 4.78 is 1.07. The molecular formula is C13H11N7O2S. The van der Waals surface area contributed by atoms with Gasteiger partial charge in [-0.15, -0.1) is 11.3 Å². The number of aromatic nitrogens is 2. The van der Waals surface area contributed by atoms with Crippen LogP contribution in [-0.4, -0.2) is 21.5 Å². The van der Waals surface area contributed by atoms with Crippen LogP contribution >= 0.6 is 11.3 Å². The minimum absolute atomic E-state index is 0.126. The first-order chi connectivity index (χ1) is 11.0. The van der Waals surface area contributed by atoms with E-state index >= 15 is 0 Å². The number of urea groups is 1. The second kappa shape index (κ2) is 7.06. The van der Waals surface area contributed by atoms with Gasteiger partial charge in [0.2, 0.25) is 11.9 Å². The zero-order chi connectivity index (χ0) is 16.8. The Balaban J connectivity index is 1.95. The molecule has 0 aliphatic carbocycles. The maximum Gasteiger partial charge on any atom is 0.321 e. The molecule has 4 N–H and O–H groups in total. The van der Waals surface area contributed by atoms with Gasteiger partial charge in [0.05, 0.1) is 6.54 Å². The van der Waals surface area contributed by atoms with Crippen LogP contribution in [0.5, 0.6) is 0 Å². The van der Waals surface area contributed by atoms with Crippen molar-refractivity contribution < 1.29 is 9.59 Å². The minimum atomic E-state index is -0.682. The number of thiophene rings is 1. The molecule has 10 heteroatoms. The van der Waals surface area contributed by atoms with E-state index < -0.39 is 18.5 Å². The van der Waals surface area contributed by atoms with E-state index in [1.54, 1.807) is 12.1 Å². The van der Waals surface area contributed by atoms with Gasteiger partial charge in [0.15, 0.2) is 11.4 Å². The Morgan fingerprint density at radius 3 is 2.78 bits per heavy atom. The summed E-state index contributed by atoms with van der Waals surface area (Å²) in [6.45, 7) is -0.0954. The predicted molar refractivity (Wildman–Crippen MR) is 80.8 cm³/mol. The molecule has 2 aromatic heterocycles. The van der Waals surface area contributed by atoms with Crippen molar-refractivity contribution in [1.82, 2.24) is 20.2 Å². The summed E-state index contributed by atoms with van der Waals surface area (Å²) in [7, 11) is 0. The third-order valence-electron chi connectivity index (χ3n) is 2.77. The number of hydrogen-bond acceptors (Lipinski definition) is 7. The van der Waals surface area contributed by atoms with Gasteiger partial charge >= 0.3 is 6.03 Å². The quantitative estimate of drug-likeness (QED) is 0.734. The molecule has 0 saturated carbocycles. The van der Waals surface area contributed by atoms with Crippen molar-refractivity contribution in [3.63, 3.8) is 0 Å². The van der Waals surface area contributed by atoms with E-state index in [1.165, 1.54) is 11.3 Å². The normalized spacial score (nSPS) is 9.65. The van der Waals surface area contributed by atoms with E-state index in [0.29, 0.717) is 6.54 Å². The average molecular weight is 329 g/mol. The van der Waals surface area contributed by atoms with Gasteiger partial charge in [-0.1, -0.05) is 6.07 Å². The van der Waals surface area contributed by atoms with Gasteiger partial charge < -0.3 is 11.1 Å². The molecule has 9 nitrogen and oxygen atoms in total. The Kier molecular flexibility index (Phi) is 4.92. The zero-order valence-corrected chi connectivity index (χ0v) is 12.6. The van der Waals surface area contributed by atoms with Gasteiger partial charge in [-0.2, -0.15) is 10.5 Å². The van der Waals surface area contributed by atoms with Crippen LogP contribution in [0.2, 0.25) is 0 Å². The highest BCUT2D eigenvalue weighted by atomic mass is 32.1. The number of nitrogen functional groups attached to an aromatic ring is 1. The van der Waals surface area contributed by atoms with E-state index in [-0.39, 0.29) is 17.3 Å². The Labute approximate surface area is 135 Å². The van der Waals surface area contributed by atoms with Gasteiger partial charge in [0, 0.05) is 4.88 Å². The number of nitriles is 2. The second-order valence-electron chi connectivity index (χ2n) is 4.29. The fourth-order valence-corrected chi connectivity index (χ4v) is 2.40. The van der Waals surface area contributed by atoms with Gasteiger partial charge in [-0.25, -0.2) is 9.78 Å². The molecule has 0 aliphatic heterocycles. The molecule has 0 spiro atoms. The molecule has 3 amide bonds. The smallest absolute Gasteiger partial charge is 0.321 e. The number of nitrogens with one attached hydrogen (secondary N) is 2. The van der Waals surface area contributed by atoms with E-state index in [1.807, 2.05) is 17.5 Å². The van der Waals surface area contributed by atoms with Crippen LogP contribution < -0.4 is 16.4 Å². The number of rotatable bonds is 4. The van der Waals surface area contributed by atoms with Crippen molar-refractivity contribution in [3.8, 4) is 12.1 Å². The molecule has 23 heavy (non-hydrogen) atoms. The number of anilines is 1. The maximum atomic E-state index is 11.8. The molecule has 0 unspecified atom stereocenters. The molecule has 0 aliphatic rings. The van der Waals surface area contributed by atoms with Crippen molar-refractivity contribution in [3.05, 3.63) is 33.8 Å². The molecule has 2 rings (SSSR count). The van der Waals surface area contributed by atoms with E-state index in [9.17, 15) is 9.59 Å². The van der Waals surface area contributed by atoms with Crippen LogP contribution in [0.4, 0.5) is 10.7 Å². The van der Waals surface area contributed by atoms with E-state index in [2.05, 4.69) is 15.6 Å². The first-order valence-corrected chi connectivity index (χ1v) is 7.19. The SMILES string of the molecule is N#Cc1nc(N)n(CC(=O)NC(=O)NCc2cccs2)c1C#N. The van der Waals surface area contributed by atoms with Crippen LogP contribution in [0.25, 0.3) is 0 Å². The lowest BCUT2D eigenvalue weighted by Crippen LogP contribution is -2.40. The van der Waals surface area contributed by atoms with E-state index in [0.717, 1.165) is 9.44 Å². The monoisotopic (exact) mass is 329 g/mol. The summed E-state index contributed by atoms with van der Waals surface area (Å²) in [5.74, 6) is -0.828. The first-order valence-electron chi connectivity index (χ1n) is 6.31. The third kappa shape index (κ3) is 3.84. The Morgan fingerprint density at radius 2 is 2.17 bits per heavy atom. The highest BCUT2D eigenvalue weighted by Gasteiger charge is 2.18. The topological polar surface area (TPSA) is 150 Å².